The zero-order valence-electron chi connectivity index (χ0n) is 12.8. The zero-order valence-corrected chi connectivity index (χ0v) is 12.8. The maximum Gasteiger partial charge on any atom is 0.332 e. The molecule has 0 aliphatic rings. The Morgan fingerprint density at radius 2 is 1.46 bits per heavy atom. The van der Waals surface area contributed by atoms with Crippen molar-refractivity contribution in [1.82, 2.24) is 10.6 Å². The fourth-order valence-corrected chi connectivity index (χ4v) is 1.30. The third-order valence-electron chi connectivity index (χ3n) is 2.42. The highest BCUT2D eigenvalue weighted by Gasteiger charge is 2.31. The van der Waals surface area contributed by atoms with Crippen LogP contribution in [-0.4, -0.2) is 87.7 Å². The van der Waals surface area contributed by atoms with Crippen molar-refractivity contribution in [2.75, 3.05) is 26.2 Å². The Bertz CT molecular complexity index is 399. The fraction of sp³-hybridized carbons (Fsp3) is 0.667. The minimum absolute atomic E-state index is 0.194. The van der Waals surface area contributed by atoms with Crippen LogP contribution in [0.4, 0.5) is 0 Å². The number of nitrogens with two attached hydrogens (primary N) is 1. The Morgan fingerprint density at radius 3 is 1.79 bits per heavy atom. The maximum atomic E-state index is 10.7. The summed E-state index contributed by atoms with van der Waals surface area (Å²) in [5, 5.41) is 46.9. The highest BCUT2D eigenvalue weighted by atomic mass is 16.4. The Hall–Kier alpha value is -2.28. The molecule has 12 nitrogen and oxygen atoms in total. The van der Waals surface area contributed by atoms with Crippen LogP contribution in [0.2, 0.25) is 0 Å². The quantitative estimate of drug-likeness (QED) is 0.130. The van der Waals surface area contributed by atoms with Gasteiger partial charge in [-0.2, -0.15) is 0 Å². The van der Waals surface area contributed by atoms with E-state index in [1.54, 1.807) is 0 Å². The van der Waals surface area contributed by atoms with Crippen molar-refractivity contribution < 1.29 is 44.7 Å². The summed E-state index contributed by atoms with van der Waals surface area (Å²) in [5.74, 6) is -6.28. The number of hydrogen-bond acceptors (Lipinski definition) is 8. The predicted molar refractivity (Wildman–Crippen MR) is 79.5 cm³/mol. The summed E-state index contributed by atoms with van der Waals surface area (Å²) in [6, 6.07) is -3.65. The molecule has 0 aliphatic heterocycles. The summed E-state index contributed by atoms with van der Waals surface area (Å²) in [6.07, 6.45) is -0.933. The molecule has 0 saturated heterocycles. The Kier molecular flexibility index (Phi) is 14.3. The molecule has 0 aromatic rings. The monoisotopic (exact) mass is 353 g/mol. The van der Waals surface area contributed by atoms with E-state index in [0.29, 0.717) is 13.1 Å². The lowest BCUT2D eigenvalue weighted by molar-refractivity contribution is -0.152. The summed E-state index contributed by atoms with van der Waals surface area (Å²) in [5.41, 5.74) is 5.13. The predicted octanol–water partition coefficient (Wildman–Crippen LogP) is -3.04. The summed E-state index contributed by atoms with van der Waals surface area (Å²) >= 11 is 0. The number of aliphatic hydroxyl groups is 1. The Balaban J connectivity index is 0. The molecular weight excluding hydrogens is 330 g/mol. The van der Waals surface area contributed by atoms with Gasteiger partial charge in [0.15, 0.2) is 0 Å². The molecule has 0 amide bonds. The molecule has 0 fully saturated rings. The van der Waals surface area contributed by atoms with Crippen molar-refractivity contribution in [3.8, 4) is 0 Å². The standard InChI is InChI=1S/C8H11NO8.C4H12N2O/c10-4(11)2-1-3(6(12)13)9-5(7(14)15)8(16)17;5-1-2-6-3-4-7/h3,5,9H,1-2H2,(H,10,11)(H,12,13)(H,14,15)(H,16,17);6-7H,1-5H2. The molecule has 24 heavy (non-hydrogen) atoms. The van der Waals surface area contributed by atoms with Crippen LogP contribution in [0.1, 0.15) is 12.8 Å². The molecule has 0 rings (SSSR count). The molecule has 0 heterocycles. The number of nitrogens with one attached hydrogen (secondary N) is 2. The van der Waals surface area contributed by atoms with Crippen LogP contribution in [0.25, 0.3) is 0 Å². The van der Waals surface area contributed by atoms with E-state index in [1.165, 1.54) is 0 Å². The molecular formula is C12H23N3O9. The first-order valence-electron chi connectivity index (χ1n) is 6.85. The smallest absolute Gasteiger partial charge is 0.332 e. The number of carboxylic acids is 4. The molecule has 0 aromatic carbocycles. The van der Waals surface area contributed by atoms with Gasteiger partial charge in [0, 0.05) is 26.1 Å². The van der Waals surface area contributed by atoms with Crippen LogP contribution < -0.4 is 16.4 Å². The van der Waals surface area contributed by atoms with Gasteiger partial charge in [-0.25, -0.2) is 9.59 Å². The first-order valence-corrected chi connectivity index (χ1v) is 6.85. The van der Waals surface area contributed by atoms with Gasteiger partial charge in [-0.05, 0) is 6.42 Å². The minimum atomic E-state index is -2.09. The normalized spacial score (nSPS) is 11.3. The fourth-order valence-electron chi connectivity index (χ4n) is 1.30. The summed E-state index contributed by atoms with van der Waals surface area (Å²) in [6.45, 7) is 2.28. The van der Waals surface area contributed by atoms with Gasteiger partial charge >= 0.3 is 23.9 Å². The van der Waals surface area contributed by atoms with Crippen molar-refractivity contribution in [2.45, 2.75) is 24.9 Å². The molecule has 0 spiro atoms. The van der Waals surface area contributed by atoms with Crippen LogP contribution in [-0.2, 0) is 19.2 Å². The second-order valence-corrected chi connectivity index (χ2v) is 4.36. The number of carboxylic acid groups (broad SMARTS) is 4. The van der Waals surface area contributed by atoms with E-state index in [-0.39, 0.29) is 6.61 Å². The van der Waals surface area contributed by atoms with Crippen molar-refractivity contribution in [1.29, 1.82) is 0 Å². The highest BCUT2D eigenvalue weighted by molar-refractivity contribution is 5.97. The first kappa shape index (κ1) is 24.0. The molecule has 1 unspecified atom stereocenters. The molecule has 0 aliphatic carbocycles. The van der Waals surface area contributed by atoms with E-state index >= 15 is 0 Å². The lowest BCUT2D eigenvalue weighted by Crippen LogP contribution is -2.51. The van der Waals surface area contributed by atoms with Crippen LogP contribution >= 0.6 is 0 Å². The summed E-state index contributed by atoms with van der Waals surface area (Å²) < 4.78 is 0. The molecule has 0 saturated carbocycles. The maximum absolute atomic E-state index is 10.7. The third-order valence-corrected chi connectivity index (χ3v) is 2.42. The van der Waals surface area contributed by atoms with Gasteiger partial charge < -0.3 is 36.6 Å². The van der Waals surface area contributed by atoms with E-state index in [4.69, 9.17) is 31.3 Å². The minimum Gasteiger partial charge on any atom is -0.481 e. The molecule has 0 bridgehead atoms. The number of hydrogen-bond donors (Lipinski definition) is 8. The number of carbonyl (C=O) groups is 4. The average Bonchev–Trinajstić information content (AvgIpc) is 2.47. The number of aliphatic hydroxyl groups excluding tert-OH is 1. The Labute approximate surface area is 137 Å². The van der Waals surface area contributed by atoms with Crippen LogP contribution in [0.15, 0.2) is 0 Å². The molecule has 0 radical (unpaired) electrons. The highest BCUT2D eigenvalue weighted by Crippen LogP contribution is 2.00. The third kappa shape index (κ3) is 13.4. The van der Waals surface area contributed by atoms with E-state index in [9.17, 15) is 19.2 Å². The van der Waals surface area contributed by atoms with Gasteiger partial charge in [0.1, 0.15) is 6.04 Å². The number of rotatable bonds is 12. The summed E-state index contributed by atoms with van der Waals surface area (Å²) in [4.78, 5) is 41.8. The lowest BCUT2D eigenvalue weighted by Gasteiger charge is -2.16. The molecule has 0 aromatic heterocycles. The van der Waals surface area contributed by atoms with Crippen molar-refractivity contribution in [3.05, 3.63) is 0 Å². The van der Waals surface area contributed by atoms with Gasteiger partial charge in [0.2, 0.25) is 6.04 Å². The largest absolute Gasteiger partial charge is 0.481 e. The van der Waals surface area contributed by atoms with E-state index in [0.717, 1.165) is 6.54 Å². The second-order valence-electron chi connectivity index (χ2n) is 4.36. The van der Waals surface area contributed by atoms with Gasteiger partial charge in [0.25, 0.3) is 0 Å². The molecule has 140 valence electrons. The van der Waals surface area contributed by atoms with E-state index in [1.807, 2.05) is 5.32 Å². The first-order chi connectivity index (χ1) is 11.2. The molecule has 9 N–H and O–H groups in total. The van der Waals surface area contributed by atoms with Gasteiger partial charge in [0.05, 0.1) is 6.61 Å². The van der Waals surface area contributed by atoms with Crippen molar-refractivity contribution in [3.63, 3.8) is 0 Å². The van der Waals surface area contributed by atoms with Gasteiger partial charge in [-0.15, -0.1) is 0 Å². The Morgan fingerprint density at radius 1 is 0.917 bits per heavy atom. The van der Waals surface area contributed by atoms with Crippen molar-refractivity contribution >= 4 is 23.9 Å². The summed E-state index contributed by atoms with van der Waals surface area (Å²) in [7, 11) is 0. The van der Waals surface area contributed by atoms with Crippen LogP contribution in [0, 0.1) is 0 Å². The lowest BCUT2D eigenvalue weighted by atomic mass is 10.1. The SMILES string of the molecule is NCCNCCO.O=C(O)CCC(NC(C(=O)O)C(=O)O)C(=O)O. The molecule has 1 atom stereocenters. The topological polar surface area (TPSA) is 220 Å². The van der Waals surface area contributed by atoms with Crippen molar-refractivity contribution in [2.24, 2.45) is 5.73 Å². The number of aliphatic carboxylic acids is 4. The average molecular weight is 353 g/mol. The van der Waals surface area contributed by atoms with Gasteiger partial charge in [-0.1, -0.05) is 0 Å². The van der Waals surface area contributed by atoms with Gasteiger partial charge in [-0.3, -0.25) is 14.9 Å². The van der Waals surface area contributed by atoms with Crippen LogP contribution in [0.5, 0.6) is 0 Å². The second kappa shape index (κ2) is 14.3. The molecule has 12 heteroatoms. The zero-order chi connectivity index (χ0) is 19.1. The van der Waals surface area contributed by atoms with E-state index in [2.05, 4.69) is 5.32 Å². The van der Waals surface area contributed by atoms with Crippen LogP contribution in [0.3, 0.4) is 0 Å². The van der Waals surface area contributed by atoms with E-state index < -0.39 is 48.8 Å².